The molecule has 6 nitrogen and oxygen atoms in total. The van der Waals surface area contributed by atoms with E-state index in [0.717, 1.165) is 24.5 Å². The molecule has 0 aliphatic heterocycles. The molecule has 0 aliphatic rings. The molecule has 1 heterocycles. The number of nitrogens with one attached hydrogen (secondary N) is 3. The first-order valence-corrected chi connectivity index (χ1v) is 9.39. The zero-order valence-corrected chi connectivity index (χ0v) is 19.0. The van der Waals surface area contributed by atoms with Gasteiger partial charge in [0.1, 0.15) is 0 Å². The molecule has 0 radical (unpaired) electrons. The van der Waals surface area contributed by atoms with Crippen LogP contribution in [0.3, 0.4) is 0 Å². The van der Waals surface area contributed by atoms with Gasteiger partial charge in [0.25, 0.3) is 0 Å². The molecule has 2 aromatic rings. The van der Waals surface area contributed by atoms with Crippen molar-refractivity contribution in [2.24, 2.45) is 10.9 Å². The molecule has 0 spiro atoms. The Balaban J connectivity index is 0.00000364. The number of benzene rings is 1. The fourth-order valence-corrected chi connectivity index (χ4v) is 3.27. The number of amides is 1. The van der Waals surface area contributed by atoms with Crippen LogP contribution in [0.4, 0.5) is 10.5 Å². The van der Waals surface area contributed by atoms with Crippen LogP contribution in [0.25, 0.3) is 0 Å². The number of ether oxygens (including phenoxy) is 1. The van der Waals surface area contributed by atoms with Crippen LogP contribution in [0.1, 0.15) is 17.4 Å². The molecular formula is C19H27IN4O2S. The van der Waals surface area contributed by atoms with Gasteiger partial charge in [-0.1, -0.05) is 25.1 Å². The highest BCUT2D eigenvalue weighted by Gasteiger charge is 2.06. The van der Waals surface area contributed by atoms with Gasteiger partial charge in [-0.15, -0.1) is 35.3 Å². The quantitative estimate of drug-likeness (QED) is 0.303. The van der Waals surface area contributed by atoms with Crippen molar-refractivity contribution in [2.75, 3.05) is 26.0 Å². The highest BCUT2D eigenvalue weighted by atomic mass is 127. The number of anilines is 1. The van der Waals surface area contributed by atoms with Gasteiger partial charge in [0.05, 0.1) is 7.11 Å². The topological polar surface area (TPSA) is 74.8 Å². The van der Waals surface area contributed by atoms with E-state index in [1.54, 1.807) is 18.4 Å². The fourth-order valence-electron chi connectivity index (χ4n) is 2.40. The number of guanidine groups is 1. The summed E-state index contributed by atoms with van der Waals surface area (Å²) in [5, 5.41) is 11.4. The summed E-state index contributed by atoms with van der Waals surface area (Å²) in [5.41, 5.74) is 1.79. The number of hydrogen-bond acceptors (Lipinski definition) is 4. The molecule has 0 saturated carbocycles. The van der Waals surface area contributed by atoms with Gasteiger partial charge in [0, 0.05) is 30.7 Å². The minimum absolute atomic E-state index is 0. The van der Waals surface area contributed by atoms with E-state index in [4.69, 9.17) is 0 Å². The zero-order valence-electron chi connectivity index (χ0n) is 15.8. The third-order valence-electron chi connectivity index (χ3n) is 3.82. The van der Waals surface area contributed by atoms with Crippen molar-refractivity contribution < 1.29 is 9.53 Å². The first-order valence-electron chi connectivity index (χ1n) is 8.51. The largest absolute Gasteiger partial charge is 0.453 e. The van der Waals surface area contributed by atoms with Crippen LogP contribution in [0.15, 0.2) is 46.8 Å². The average Bonchev–Trinajstić information content (AvgIpc) is 3.16. The van der Waals surface area contributed by atoms with Gasteiger partial charge in [-0.3, -0.25) is 10.3 Å². The molecule has 27 heavy (non-hydrogen) atoms. The van der Waals surface area contributed by atoms with E-state index >= 15 is 0 Å². The Morgan fingerprint density at radius 2 is 1.96 bits per heavy atom. The molecular weight excluding hydrogens is 475 g/mol. The highest BCUT2D eigenvalue weighted by Crippen LogP contribution is 2.14. The third-order valence-corrected chi connectivity index (χ3v) is 4.72. The van der Waals surface area contributed by atoms with Gasteiger partial charge in [0.2, 0.25) is 0 Å². The number of rotatable bonds is 7. The molecule has 0 fully saturated rings. The molecule has 3 N–H and O–H groups in total. The van der Waals surface area contributed by atoms with Crippen LogP contribution < -0.4 is 16.0 Å². The van der Waals surface area contributed by atoms with Gasteiger partial charge >= 0.3 is 6.09 Å². The lowest BCUT2D eigenvalue weighted by atomic mass is 10.1. The van der Waals surface area contributed by atoms with Crippen LogP contribution in [0, 0.1) is 5.92 Å². The Morgan fingerprint density at radius 1 is 1.22 bits per heavy atom. The predicted octanol–water partition coefficient (Wildman–Crippen LogP) is 4.09. The first-order chi connectivity index (χ1) is 12.6. The second-order valence-electron chi connectivity index (χ2n) is 6.01. The summed E-state index contributed by atoms with van der Waals surface area (Å²) in [4.78, 5) is 16.8. The summed E-state index contributed by atoms with van der Waals surface area (Å²) >= 11 is 1.80. The van der Waals surface area contributed by atoms with Crippen molar-refractivity contribution in [2.45, 2.75) is 19.9 Å². The van der Waals surface area contributed by atoms with Crippen molar-refractivity contribution in [3.63, 3.8) is 0 Å². The number of carbonyl (C=O) groups is 1. The molecule has 1 aromatic heterocycles. The minimum atomic E-state index is -0.475. The monoisotopic (exact) mass is 502 g/mol. The van der Waals surface area contributed by atoms with Crippen molar-refractivity contribution in [3.8, 4) is 0 Å². The summed E-state index contributed by atoms with van der Waals surface area (Å²) in [6, 6.07) is 11.8. The van der Waals surface area contributed by atoms with Crippen LogP contribution in [0.5, 0.6) is 0 Å². The predicted molar refractivity (Wildman–Crippen MR) is 123 cm³/mol. The minimum Gasteiger partial charge on any atom is -0.453 e. The summed E-state index contributed by atoms with van der Waals surface area (Å²) in [6.45, 7) is 3.74. The van der Waals surface area contributed by atoms with Crippen LogP contribution in [-0.4, -0.2) is 32.8 Å². The molecule has 1 unspecified atom stereocenters. The molecule has 2 rings (SSSR count). The summed E-state index contributed by atoms with van der Waals surface area (Å²) in [7, 11) is 3.11. The lowest BCUT2D eigenvalue weighted by Gasteiger charge is -2.16. The number of hydrogen-bond donors (Lipinski definition) is 3. The van der Waals surface area contributed by atoms with E-state index in [2.05, 4.69) is 50.1 Å². The molecule has 0 saturated heterocycles. The number of thiophene rings is 1. The number of halogens is 1. The number of nitrogens with zero attached hydrogens (tertiary/aromatic N) is 1. The van der Waals surface area contributed by atoms with E-state index in [1.165, 1.54) is 12.0 Å². The molecule has 0 aliphatic carbocycles. The van der Waals surface area contributed by atoms with Gasteiger partial charge in [0.15, 0.2) is 5.96 Å². The van der Waals surface area contributed by atoms with Crippen molar-refractivity contribution in [1.29, 1.82) is 0 Å². The Bertz CT molecular complexity index is 705. The van der Waals surface area contributed by atoms with E-state index in [-0.39, 0.29) is 24.0 Å². The summed E-state index contributed by atoms with van der Waals surface area (Å²) in [6.07, 6.45) is 0.591. The second-order valence-corrected chi connectivity index (χ2v) is 7.04. The van der Waals surface area contributed by atoms with E-state index in [9.17, 15) is 4.79 Å². The Morgan fingerprint density at radius 3 is 2.56 bits per heavy atom. The zero-order chi connectivity index (χ0) is 18.8. The maximum Gasteiger partial charge on any atom is 0.411 e. The summed E-state index contributed by atoms with van der Waals surface area (Å²) < 4.78 is 4.57. The Kier molecular flexibility index (Phi) is 10.8. The Hall–Kier alpha value is -1.81. The van der Waals surface area contributed by atoms with Crippen LogP contribution >= 0.6 is 35.3 Å². The normalized spacial score (nSPS) is 11.9. The molecule has 8 heteroatoms. The standard InChI is InChI=1S/C19H26N4O2S.HI/c1-14(11-17-5-4-10-26-17)12-21-18(20-2)22-13-15-6-8-16(9-7-15)23-19(24)25-3;/h4-10,14H,11-13H2,1-3H3,(H,23,24)(H2,20,21,22);1H. The van der Waals surface area contributed by atoms with Gasteiger partial charge in [-0.05, 0) is 41.5 Å². The van der Waals surface area contributed by atoms with E-state index in [0.29, 0.717) is 18.2 Å². The average molecular weight is 502 g/mol. The highest BCUT2D eigenvalue weighted by molar-refractivity contribution is 14.0. The molecule has 1 aromatic carbocycles. The first kappa shape index (κ1) is 23.2. The van der Waals surface area contributed by atoms with E-state index in [1.807, 2.05) is 24.3 Å². The molecule has 1 amide bonds. The van der Waals surface area contributed by atoms with Crippen molar-refractivity contribution in [1.82, 2.24) is 10.6 Å². The third kappa shape index (κ3) is 8.61. The lowest BCUT2D eigenvalue weighted by molar-refractivity contribution is 0.187. The lowest BCUT2D eigenvalue weighted by Crippen LogP contribution is -2.39. The van der Waals surface area contributed by atoms with Gasteiger partial charge in [-0.2, -0.15) is 0 Å². The van der Waals surface area contributed by atoms with Gasteiger partial charge in [-0.25, -0.2) is 4.79 Å². The van der Waals surface area contributed by atoms with E-state index < -0.39 is 6.09 Å². The van der Waals surface area contributed by atoms with Crippen LogP contribution in [-0.2, 0) is 17.7 Å². The van der Waals surface area contributed by atoms with Gasteiger partial charge < -0.3 is 15.4 Å². The second kappa shape index (κ2) is 12.6. The van der Waals surface area contributed by atoms with Crippen molar-refractivity contribution >= 4 is 53.1 Å². The number of aliphatic imine (C=N–C) groups is 1. The molecule has 1 atom stereocenters. The maximum atomic E-state index is 11.2. The fraction of sp³-hybridized carbons (Fsp3) is 0.368. The maximum absolute atomic E-state index is 11.2. The Labute approximate surface area is 181 Å². The number of methoxy groups -OCH3 is 1. The molecule has 148 valence electrons. The van der Waals surface area contributed by atoms with Crippen molar-refractivity contribution in [3.05, 3.63) is 52.2 Å². The smallest absolute Gasteiger partial charge is 0.411 e. The summed E-state index contributed by atoms with van der Waals surface area (Å²) in [5.74, 6) is 1.30. The number of carbonyl (C=O) groups excluding carboxylic acids is 1. The SMILES string of the molecule is CN=C(NCc1ccc(NC(=O)OC)cc1)NCC(C)Cc1cccs1.I. The molecule has 0 bridgehead atoms. The van der Waals surface area contributed by atoms with Crippen LogP contribution in [0.2, 0.25) is 0 Å².